The highest BCUT2D eigenvalue weighted by molar-refractivity contribution is 6.33. The van der Waals surface area contributed by atoms with E-state index in [9.17, 15) is 9.59 Å². The number of rotatable bonds is 8. The van der Waals surface area contributed by atoms with E-state index in [2.05, 4.69) is 15.8 Å². The summed E-state index contributed by atoms with van der Waals surface area (Å²) in [6, 6.07) is 11.6. The summed E-state index contributed by atoms with van der Waals surface area (Å²) in [7, 11) is 3.00. The Morgan fingerprint density at radius 2 is 1.93 bits per heavy atom. The number of carbonyl (C=O) groups excluding carboxylic acids is 2. The fraction of sp³-hybridized carbons (Fsp3) is 0.167. The predicted molar refractivity (Wildman–Crippen MR) is 103 cm³/mol. The summed E-state index contributed by atoms with van der Waals surface area (Å²) >= 11 is 5.89. The van der Waals surface area contributed by atoms with E-state index in [0.29, 0.717) is 27.9 Å². The maximum absolute atomic E-state index is 11.8. The number of methoxy groups -OCH3 is 2. The van der Waals surface area contributed by atoms with E-state index in [1.807, 2.05) is 0 Å². The summed E-state index contributed by atoms with van der Waals surface area (Å²) in [5.41, 5.74) is 0.940. The van der Waals surface area contributed by atoms with Crippen molar-refractivity contribution >= 4 is 41.0 Å². The minimum Gasteiger partial charge on any atom is -0.497 e. The van der Waals surface area contributed by atoms with Crippen molar-refractivity contribution in [2.75, 3.05) is 31.5 Å². The SMILES string of the molecule is COc1cccc(NC(=O)CO/N=C\C(=O)Nc2cc(Cl)ccc2OC)c1. The van der Waals surface area contributed by atoms with Crippen LogP contribution in [0.15, 0.2) is 47.6 Å². The highest BCUT2D eigenvalue weighted by Crippen LogP contribution is 2.27. The molecule has 0 saturated heterocycles. The van der Waals surface area contributed by atoms with Gasteiger partial charge >= 0.3 is 0 Å². The van der Waals surface area contributed by atoms with Crippen LogP contribution in [-0.4, -0.2) is 38.9 Å². The smallest absolute Gasteiger partial charge is 0.270 e. The summed E-state index contributed by atoms with van der Waals surface area (Å²) in [5.74, 6) is 0.0562. The Kier molecular flexibility index (Phi) is 7.45. The van der Waals surface area contributed by atoms with Crippen LogP contribution in [0.1, 0.15) is 0 Å². The molecular weight excluding hydrogens is 374 g/mol. The maximum Gasteiger partial charge on any atom is 0.270 e. The molecule has 0 aliphatic carbocycles. The summed E-state index contributed by atoms with van der Waals surface area (Å²) in [6.07, 6.45) is 0.902. The molecule has 0 aliphatic heterocycles. The van der Waals surface area contributed by atoms with Crippen molar-refractivity contribution < 1.29 is 23.9 Å². The number of carbonyl (C=O) groups is 2. The van der Waals surface area contributed by atoms with Gasteiger partial charge in [-0.25, -0.2) is 0 Å². The first-order valence-corrected chi connectivity index (χ1v) is 8.13. The van der Waals surface area contributed by atoms with E-state index in [4.69, 9.17) is 25.9 Å². The molecule has 0 spiro atoms. The molecule has 0 aromatic heterocycles. The Bertz CT molecular complexity index is 841. The van der Waals surface area contributed by atoms with Crippen LogP contribution in [0.25, 0.3) is 0 Å². The van der Waals surface area contributed by atoms with Crippen molar-refractivity contribution in [2.24, 2.45) is 5.16 Å². The van der Waals surface area contributed by atoms with Gasteiger partial charge in [0, 0.05) is 16.8 Å². The molecule has 27 heavy (non-hydrogen) atoms. The largest absolute Gasteiger partial charge is 0.497 e. The van der Waals surface area contributed by atoms with E-state index in [-0.39, 0.29) is 6.61 Å². The third-order valence-electron chi connectivity index (χ3n) is 3.21. The average molecular weight is 392 g/mol. The zero-order chi connectivity index (χ0) is 19.6. The number of hydrogen-bond donors (Lipinski definition) is 2. The minimum absolute atomic E-state index is 0.360. The molecule has 0 fully saturated rings. The standard InChI is InChI=1S/C18H18ClN3O5/c1-25-14-5-3-4-13(9-14)21-18(24)11-27-20-10-17(23)22-15-8-12(19)6-7-16(15)26-2/h3-10H,11H2,1-2H3,(H,21,24)(H,22,23)/b20-10-. The van der Waals surface area contributed by atoms with E-state index >= 15 is 0 Å². The normalized spacial score (nSPS) is 10.3. The van der Waals surface area contributed by atoms with Crippen LogP contribution >= 0.6 is 11.6 Å². The van der Waals surface area contributed by atoms with Gasteiger partial charge in [-0.05, 0) is 30.3 Å². The molecule has 2 N–H and O–H groups in total. The number of nitrogens with one attached hydrogen (secondary N) is 2. The van der Waals surface area contributed by atoms with Gasteiger partial charge in [0.25, 0.3) is 11.8 Å². The zero-order valence-electron chi connectivity index (χ0n) is 14.7. The van der Waals surface area contributed by atoms with Crippen molar-refractivity contribution in [1.29, 1.82) is 0 Å². The quantitative estimate of drug-likeness (QED) is 0.532. The molecule has 0 atom stereocenters. The number of nitrogens with zero attached hydrogens (tertiary/aromatic N) is 1. The van der Waals surface area contributed by atoms with Crippen molar-refractivity contribution in [3.63, 3.8) is 0 Å². The Morgan fingerprint density at radius 1 is 1.11 bits per heavy atom. The fourth-order valence-corrected chi connectivity index (χ4v) is 2.19. The molecule has 2 amide bonds. The predicted octanol–water partition coefficient (Wildman–Crippen LogP) is 2.94. The van der Waals surface area contributed by atoms with Crippen molar-refractivity contribution in [2.45, 2.75) is 0 Å². The Morgan fingerprint density at radius 3 is 2.67 bits per heavy atom. The monoisotopic (exact) mass is 391 g/mol. The molecule has 8 nitrogen and oxygen atoms in total. The van der Waals surface area contributed by atoms with E-state index < -0.39 is 11.8 Å². The number of halogens is 1. The summed E-state index contributed by atoms with van der Waals surface area (Å²) in [5, 5.41) is 9.07. The average Bonchev–Trinajstić information content (AvgIpc) is 2.65. The second-order valence-corrected chi connectivity index (χ2v) is 5.56. The molecule has 0 heterocycles. The van der Waals surface area contributed by atoms with Crippen LogP contribution in [0.2, 0.25) is 5.02 Å². The second-order valence-electron chi connectivity index (χ2n) is 5.12. The van der Waals surface area contributed by atoms with Gasteiger partial charge < -0.3 is 24.9 Å². The van der Waals surface area contributed by atoms with Gasteiger partial charge in [0.15, 0.2) is 6.61 Å². The van der Waals surface area contributed by atoms with E-state index in [1.54, 1.807) is 36.4 Å². The molecule has 2 aromatic rings. The topological polar surface area (TPSA) is 98.3 Å². The lowest BCUT2D eigenvalue weighted by Gasteiger charge is -2.08. The first-order valence-electron chi connectivity index (χ1n) is 7.75. The van der Waals surface area contributed by atoms with Crippen molar-refractivity contribution in [1.82, 2.24) is 0 Å². The van der Waals surface area contributed by atoms with Crippen LogP contribution < -0.4 is 20.1 Å². The number of ether oxygens (including phenoxy) is 2. The van der Waals surface area contributed by atoms with Gasteiger partial charge in [0.2, 0.25) is 0 Å². The Labute approximate surface area is 161 Å². The van der Waals surface area contributed by atoms with Gasteiger partial charge in [0.1, 0.15) is 17.7 Å². The molecule has 2 rings (SSSR count). The molecule has 2 aromatic carbocycles. The molecule has 0 aliphatic rings. The van der Waals surface area contributed by atoms with Crippen molar-refractivity contribution in [3.8, 4) is 11.5 Å². The highest BCUT2D eigenvalue weighted by atomic mass is 35.5. The lowest BCUT2D eigenvalue weighted by Crippen LogP contribution is -2.18. The molecule has 142 valence electrons. The number of amides is 2. The Balaban J connectivity index is 1.80. The molecule has 0 unspecified atom stereocenters. The summed E-state index contributed by atoms with van der Waals surface area (Å²) < 4.78 is 10.2. The van der Waals surface area contributed by atoms with Gasteiger partial charge in [-0.15, -0.1) is 0 Å². The Hall–Kier alpha value is -3.26. The first kappa shape index (κ1) is 20.1. The maximum atomic E-state index is 11.8. The fourth-order valence-electron chi connectivity index (χ4n) is 2.02. The molecular formula is C18H18ClN3O5. The van der Waals surface area contributed by atoms with Gasteiger partial charge in [-0.2, -0.15) is 0 Å². The van der Waals surface area contributed by atoms with Crippen molar-refractivity contribution in [3.05, 3.63) is 47.5 Å². The number of anilines is 2. The zero-order valence-corrected chi connectivity index (χ0v) is 15.4. The number of benzene rings is 2. The second kappa shape index (κ2) is 10.0. The number of hydrogen-bond acceptors (Lipinski definition) is 6. The molecule has 0 radical (unpaired) electrons. The van der Waals surface area contributed by atoms with Gasteiger partial charge in [0.05, 0.1) is 19.9 Å². The molecule has 0 saturated carbocycles. The summed E-state index contributed by atoms with van der Waals surface area (Å²) in [6.45, 7) is -0.360. The lowest BCUT2D eigenvalue weighted by molar-refractivity contribution is -0.120. The lowest BCUT2D eigenvalue weighted by atomic mass is 10.3. The first-order chi connectivity index (χ1) is 13.0. The number of oxime groups is 1. The summed E-state index contributed by atoms with van der Waals surface area (Å²) in [4.78, 5) is 28.5. The molecule has 9 heteroatoms. The van der Waals surface area contributed by atoms with Gasteiger partial charge in [-0.1, -0.05) is 22.8 Å². The van der Waals surface area contributed by atoms with Crippen LogP contribution in [0.5, 0.6) is 11.5 Å². The third-order valence-corrected chi connectivity index (χ3v) is 3.45. The van der Waals surface area contributed by atoms with Crippen LogP contribution in [0, 0.1) is 0 Å². The third kappa shape index (κ3) is 6.52. The van der Waals surface area contributed by atoms with Crippen LogP contribution in [-0.2, 0) is 14.4 Å². The van der Waals surface area contributed by atoms with E-state index in [1.165, 1.54) is 20.3 Å². The van der Waals surface area contributed by atoms with Crippen LogP contribution in [0.4, 0.5) is 11.4 Å². The molecule has 0 bridgehead atoms. The minimum atomic E-state index is -0.566. The van der Waals surface area contributed by atoms with E-state index in [0.717, 1.165) is 6.21 Å². The van der Waals surface area contributed by atoms with Gasteiger partial charge in [-0.3, -0.25) is 9.59 Å². The van der Waals surface area contributed by atoms with Crippen LogP contribution in [0.3, 0.4) is 0 Å². The highest BCUT2D eigenvalue weighted by Gasteiger charge is 2.07.